The van der Waals surface area contributed by atoms with Crippen molar-refractivity contribution >= 4 is 21.7 Å². The second-order valence-electron chi connectivity index (χ2n) is 5.75. The number of sulfonamides is 1. The Morgan fingerprint density at radius 2 is 2.17 bits per heavy atom. The molecule has 1 atom stereocenters. The molecule has 2 rings (SSSR count). The van der Waals surface area contributed by atoms with E-state index in [0.717, 1.165) is 38.7 Å². The van der Waals surface area contributed by atoms with Gasteiger partial charge in [0.25, 0.3) is 0 Å². The maximum atomic E-state index is 11.9. The average Bonchev–Trinajstić information content (AvgIpc) is 3.08. The molecule has 1 heterocycles. The largest absolute Gasteiger partial charge is 0.378 e. The summed E-state index contributed by atoms with van der Waals surface area (Å²) < 4.78 is 31.3. The van der Waals surface area contributed by atoms with E-state index in [1.165, 1.54) is 19.2 Å². The van der Waals surface area contributed by atoms with Crippen molar-refractivity contribution in [2.45, 2.75) is 43.1 Å². The van der Waals surface area contributed by atoms with E-state index in [0.29, 0.717) is 18.3 Å². The Morgan fingerprint density at radius 3 is 2.88 bits per heavy atom. The Balaban J connectivity index is 1.71. The number of rotatable bonds is 8. The molecule has 0 saturated carbocycles. The van der Waals surface area contributed by atoms with Crippen molar-refractivity contribution in [2.75, 3.05) is 25.5 Å². The summed E-state index contributed by atoms with van der Waals surface area (Å²) in [5.41, 5.74) is 0.434. The van der Waals surface area contributed by atoms with Crippen LogP contribution in [0.15, 0.2) is 29.2 Å². The first-order chi connectivity index (χ1) is 11.5. The molecule has 1 fully saturated rings. The quantitative estimate of drug-likeness (QED) is 0.622. The first kappa shape index (κ1) is 18.7. The van der Waals surface area contributed by atoms with Gasteiger partial charge in [-0.15, -0.1) is 0 Å². The van der Waals surface area contributed by atoms with Gasteiger partial charge in [-0.3, -0.25) is 0 Å². The van der Waals surface area contributed by atoms with E-state index in [1.807, 2.05) is 0 Å². The van der Waals surface area contributed by atoms with Gasteiger partial charge in [-0.25, -0.2) is 17.9 Å². The van der Waals surface area contributed by atoms with Crippen LogP contribution in [-0.2, 0) is 14.8 Å². The predicted octanol–water partition coefficient (Wildman–Crippen LogP) is 2.07. The number of nitrogens with one attached hydrogen (secondary N) is 3. The van der Waals surface area contributed by atoms with Crippen molar-refractivity contribution in [1.82, 2.24) is 10.0 Å². The van der Waals surface area contributed by atoms with Gasteiger partial charge >= 0.3 is 6.03 Å². The van der Waals surface area contributed by atoms with Crippen LogP contribution in [0.1, 0.15) is 32.1 Å². The van der Waals surface area contributed by atoms with Gasteiger partial charge < -0.3 is 15.4 Å². The van der Waals surface area contributed by atoms with E-state index < -0.39 is 10.0 Å². The van der Waals surface area contributed by atoms with Crippen molar-refractivity contribution in [1.29, 1.82) is 0 Å². The number of anilines is 1. The van der Waals surface area contributed by atoms with Crippen LogP contribution in [0.25, 0.3) is 0 Å². The third kappa shape index (κ3) is 5.77. The third-order valence-electron chi connectivity index (χ3n) is 3.93. The zero-order chi connectivity index (χ0) is 17.4. The number of hydrogen-bond acceptors (Lipinski definition) is 4. The second-order valence-corrected chi connectivity index (χ2v) is 7.63. The molecule has 0 bridgehead atoms. The molecule has 0 spiro atoms. The number of carbonyl (C=O) groups is 1. The molecule has 0 radical (unpaired) electrons. The van der Waals surface area contributed by atoms with Crippen molar-refractivity contribution < 1.29 is 17.9 Å². The lowest BCUT2D eigenvalue weighted by atomic mass is 10.1. The molecule has 1 aliphatic heterocycles. The van der Waals surface area contributed by atoms with E-state index >= 15 is 0 Å². The molecule has 3 N–H and O–H groups in total. The van der Waals surface area contributed by atoms with Gasteiger partial charge in [0.1, 0.15) is 0 Å². The first-order valence-corrected chi connectivity index (χ1v) is 9.69. The highest BCUT2D eigenvalue weighted by Crippen LogP contribution is 2.17. The Morgan fingerprint density at radius 1 is 1.33 bits per heavy atom. The smallest absolute Gasteiger partial charge is 0.319 e. The zero-order valence-electron chi connectivity index (χ0n) is 13.9. The molecular formula is C16H25N3O4S. The summed E-state index contributed by atoms with van der Waals surface area (Å²) >= 11 is 0. The van der Waals surface area contributed by atoms with Gasteiger partial charge in [0.15, 0.2) is 0 Å². The summed E-state index contributed by atoms with van der Waals surface area (Å²) in [6.07, 6.45) is 5.61. The Hall–Kier alpha value is -1.64. The second kappa shape index (κ2) is 9.00. The number of ether oxygens (including phenoxy) is 1. The Labute approximate surface area is 143 Å². The third-order valence-corrected chi connectivity index (χ3v) is 5.35. The highest BCUT2D eigenvalue weighted by molar-refractivity contribution is 7.89. The monoisotopic (exact) mass is 355 g/mol. The highest BCUT2D eigenvalue weighted by atomic mass is 32.2. The number of amides is 2. The summed E-state index contributed by atoms with van der Waals surface area (Å²) in [7, 11) is -2.18. The van der Waals surface area contributed by atoms with Crippen LogP contribution in [0.4, 0.5) is 10.5 Å². The molecule has 0 aromatic heterocycles. The highest BCUT2D eigenvalue weighted by Gasteiger charge is 2.14. The SMILES string of the molecule is CNS(=O)(=O)c1cccc(NC(=O)NCCCC[C@@H]2CCCO2)c1. The molecule has 0 unspecified atom stereocenters. The molecular weight excluding hydrogens is 330 g/mol. The van der Waals surface area contributed by atoms with E-state index in [9.17, 15) is 13.2 Å². The van der Waals surface area contributed by atoms with Crippen LogP contribution in [0.3, 0.4) is 0 Å². The lowest BCUT2D eigenvalue weighted by Gasteiger charge is -2.10. The van der Waals surface area contributed by atoms with E-state index in [4.69, 9.17) is 4.74 Å². The molecule has 1 aromatic rings. The molecule has 24 heavy (non-hydrogen) atoms. The fraction of sp³-hybridized carbons (Fsp3) is 0.562. The summed E-state index contributed by atoms with van der Waals surface area (Å²) in [4.78, 5) is 12.0. The van der Waals surface area contributed by atoms with Crippen LogP contribution < -0.4 is 15.4 Å². The molecule has 1 aliphatic rings. The molecule has 8 heteroatoms. The number of unbranched alkanes of at least 4 members (excludes halogenated alkanes) is 1. The van der Waals surface area contributed by atoms with Crippen LogP contribution >= 0.6 is 0 Å². The average molecular weight is 355 g/mol. The first-order valence-electron chi connectivity index (χ1n) is 8.21. The van der Waals surface area contributed by atoms with Crippen molar-refractivity contribution in [3.63, 3.8) is 0 Å². The Bertz CT molecular complexity index is 642. The minimum atomic E-state index is -3.52. The molecule has 2 amide bonds. The van der Waals surface area contributed by atoms with Gasteiger partial charge in [0.05, 0.1) is 11.0 Å². The standard InChI is InChI=1S/C16H25N3O4S/c1-17-24(21,22)15-9-4-6-13(12-15)19-16(20)18-10-3-2-7-14-8-5-11-23-14/h4,6,9,12,14,17H,2-3,5,7-8,10-11H2,1H3,(H2,18,19,20)/t14-/m1/s1. The van der Waals surface area contributed by atoms with Gasteiger partial charge in [0.2, 0.25) is 10.0 Å². The van der Waals surface area contributed by atoms with Crippen molar-refractivity contribution in [3.05, 3.63) is 24.3 Å². The van der Waals surface area contributed by atoms with Crippen molar-refractivity contribution in [2.24, 2.45) is 0 Å². The summed E-state index contributed by atoms with van der Waals surface area (Å²) in [6.45, 7) is 1.45. The van der Waals surface area contributed by atoms with E-state index in [-0.39, 0.29) is 10.9 Å². The maximum Gasteiger partial charge on any atom is 0.319 e. The topological polar surface area (TPSA) is 96.5 Å². The molecule has 1 aromatic carbocycles. The normalized spacial score (nSPS) is 17.6. The van der Waals surface area contributed by atoms with Gasteiger partial charge in [-0.2, -0.15) is 0 Å². The van der Waals surface area contributed by atoms with Crippen molar-refractivity contribution in [3.8, 4) is 0 Å². The minimum absolute atomic E-state index is 0.111. The van der Waals surface area contributed by atoms with E-state index in [1.54, 1.807) is 12.1 Å². The van der Waals surface area contributed by atoms with Crippen LogP contribution in [0, 0.1) is 0 Å². The number of hydrogen-bond donors (Lipinski definition) is 3. The molecule has 7 nitrogen and oxygen atoms in total. The predicted molar refractivity (Wildman–Crippen MR) is 92.5 cm³/mol. The van der Waals surface area contributed by atoms with E-state index in [2.05, 4.69) is 15.4 Å². The lowest BCUT2D eigenvalue weighted by molar-refractivity contribution is 0.102. The maximum absolute atomic E-state index is 11.9. The van der Waals surface area contributed by atoms with Gasteiger partial charge in [-0.05, 0) is 57.4 Å². The lowest BCUT2D eigenvalue weighted by Crippen LogP contribution is -2.29. The molecule has 0 aliphatic carbocycles. The summed E-state index contributed by atoms with van der Waals surface area (Å²) in [6, 6.07) is 5.78. The number of carbonyl (C=O) groups excluding carboxylic acids is 1. The van der Waals surface area contributed by atoms with Crippen LogP contribution in [0.2, 0.25) is 0 Å². The number of benzene rings is 1. The summed E-state index contributed by atoms with van der Waals surface area (Å²) in [5, 5.41) is 5.42. The zero-order valence-corrected chi connectivity index (χ0v) is 14.7. The fourth-order valence-corrected chi connectivity index (χ4v) is 3.38. The molecule has 1 saturated heterocycles. The summed E-state index contributed by atoms with van der Waals surface area (Å²) in [5.74, 6) is 0. The minimum Gasteiger partial charge on any atom is -0.378 e. The van der Waals surface area contributed by atoms with Crippen LogP contribution in [0.5, 0.6) is 0 Å². The molecule has 134 valence electrons. The fourth-order valence-electron chi connectivity index (χ4n) is 2.61. The van der Waals surface area contributed by atoms with Gasteiger partial charge in [0, 0.05) is 18.8 Å². The number of urea groups is 1. The van der Waals surface area contributed by atoms with Crippen LogP contribution in [-0.4, -0.2) is 40.8 Å². The Kier molecular flexibility index (Phi) is 7.01. The van der Waals surface area contributed by atoms with Gasteiger partial charge in [-0.1, -0.05) is 6.07 Å².